The van der Waals surface area contributed by atoms with E-state index in [-0.39, 0.29) is 11.9 Å². The maximum atomic E-state index is 11.2. The van der Waals surface area contributed by atoms with Gasteiger partial charge in [0.2, 0.25) is 5.91 Å². The summed E-state index contributed by atoms with van der Waals surface area (Å²) in [7, 11) is 0. The van der Waals surface area contributed by atoms with Gasteiger partial charge in [-0.05, 0) is 38.6 Å². The smallest absolute Gasteiger partial charge is 0.234 e. The zero-order valence-corrected chi connectivity index (χ0v) is 9.15. The molecule has 0 aromatic rings. The molecule has 2 heterocycles. The van der Waals surface area contributed by atoms with Crippen molar-refractivity contribution in [3.05, 3.63) is 0 Å². The predicted molar refractivity (Wildman–Crippen MR) is 57.4 cm³/mol. The third-order valence-electron chi connectivity index (χ3n) is 3.40. The number of primary amides is 1. The minimum atomic E-state index is -0.177. The number of carbonyl (C=O) groups excluding carboxylic acids is 1. The van der Waals surface area contributed by atoms with Gasteiger partial charge in [-0.25, -0.2) is 0 Å². The molecular weight excluding hydrogens is 192 g/mol. The van der Waals surface area contributed by atoms with Crippen molar-refractivity contribution in [2.45, 2.75) is 44.2 Å². The molecule has 4 heteroatoms. The molecule has 2 aliphatic heterocycles. The Hall–Kier alpha value is -0.610. The minimum absolute atomic E-state index is 0.0458. The number of nitrogens with zero attached hydrogens (tertiary/aromatic N) is 1. The molecule has 0 aliphatic carbocycles. The Labute approximate surface area is 90.8 Å². The summed E-state index contributed by atoms with van der Waals surface area (Å²) in [5.41, 5.74) is 5.37. The maximum absolute atomic E-state index is 11.2. The van der Waals surface area contributed by atoms with E-state index in [9.17, 15) is 4.79 Å². The van der Waals surface area contributed by atoms with Crippen LogP contribution < -0.4 is 5.73 Å². The highest BCUT2D eigenvalue weighted by atomic mass is 16.5. The summed E-state index contributed by atoms with van der Waals surface area (Å²) in [6, 6.07) is -0.0458. The molecule has 86 valence electrons. The normalized spacial score (nSPS) is 33.1. The average molecular weight is 212 g/mol. The van der Waals surface area contributed by atoms with Crippen molar-refractivity contribution in [3.63, 3.8) is 0 Å². The highest BCUT2D eigenvalue weighted by Crippen LogP contribution is 2.20. The van der Waals surface area contributed by atoms with Crippen LogP contribution in [0.4, 0.5) is 0 Å². The van der Waals surface area contributed by atoms with Gasteiger partial charge in [0.05, 0.1) is 12.1 Å². The Morgan fingerprint density at radius 3 is 2.87 bits per heavy atom. The van der Waals surface area contributed by atoms with Gasteiger partial charge >= 0.3 is 0 Å². The molecule has 2 atom stereocenters. The van der Waals surface area contributed by atoms with E-state index in [1.54, 1.807) is 0 Å². The molecule has 2 aliphatic rings. The fraction of sp³-hybridized carbons (Fsp3) is 0.909. The second-order valence-electron chi connectivity index (χ2n) is 4.54. The molecular formula is C11H20N2O2. The molecule has 2 saturated heterocycles. The average Bonchev–Trinajstić information content (AvgIpc) is 2.67. The van der Waals surface area contributed by atoms with Gasteiger partial charge in [-0.1, -0.05) is 0 Å². The fourth-order valence-corrected chi connectivity index (χ4v) is 2.58. The number of carbonyl (C=O) groups is 1. The van der Waals surface area contributed by atoms with E-state index in [4.69, 9.17) is 10.5 Å². The largest absolute Gasteiger partial charge is 0.377 e. The Morgan fingerprint density at radius 1 is 1.33 bits per heavy atom. The summed E-state index contributed by atoms with van der Waals surface area (Å²) in [6.45, 7) is 2.75. The van der Waals surface area contributed by atoms with E-state index in [2.05, 4.69) is 4.90 Å². The van der Waals surface area contributed by atoms with Crippen molar-refractivity contribution < 1.29 is 9.53 Å². The maximum Gasteiger partial charge on any atom is 0.234 e. The molecule has 2 fully saturated rings. The van der Waals surface area contributed by atoms with Gasteiger partial charge in [-0.15, -0.1) is 0 Å². The number of rotatable bonds is 3. The monoisotopic (exact) mass is 212 g/mol. The van der Waals surface area contributed by atoms with Crippen molar-refractivity contribution in [2.75, 3.05) is 19.7 Å². The first-order valence-corrected chi connectivity index (χ1v) is 5.92. The van der Waals surface area contributed by atoms with Crippen LogP contribution in [-0.2, 0) is 9.53 Å². The van der Waals surface area contributed by atoms with Crippen LogP contribution in [0.25, 0.3) is 0 Å². The number of nitrogens with two attached hydrogens (primary N) is 1. The highest BCUT2D eigenvalue weighted by Gasteiger charge is 2.31. The van der Waals surface area contributed by atoms with Crippen LogP contribution in [0, 0.1) is 0 Å². The van der Waals surface area contributed by atoms with Gasteiger partial charge in [-0.3, -0.25) is 9.69 Å². The molecule has 15 heavy (non-hydrogen) atoms. The molecule has 0 saturated carbocycles. The van der Waals surface area contributed by atoms with Crippen LogP contribution in [0.2, 0.25) is 0 Å². The molecule has 2 rings (SSSR count). The van der Waals surface area contributed by atoms with Gasteiger partial charge in [-0.2, -0.15) is 0 Å². The fourth-order valence-electron chi connectivity index (χ4n) is 2.58. The first-order valence-electron chi connectivity index (χ1n) is 5.92. The lowest BCUT2D eigenvalue weighted by molar-refractivity contribution is -0.123. The predicted octanol–water partition coefficient (Wildman–Crippen LogP) is 0.505. The van der Waals surface area contributed by atoms with E-state index in [0.717, 1.165) is 39.0 Å². The van der Waals surface area contributed by atoms with Gasteiger partial charge in [0, 0.05) is 13.2 Å². The van der Waals surface area contributed by atoms with Crippen LogP contribution in [0.5, 0.6) is 0 Å². The van der Waals surface area contributed by atoms with Crippen LogP contribution in [-0.4, -0.2) is 42.6 Å². The van der Waals surface area contributed by atoms with E-state index in [1.165, 1.54) is 12.8 Å². The minimum Gasteiger partial charge on any atom is -0.377 e. The van der Waals surface area contributed by atoms with Gasteiger partial charge in [0.1, 0.15) is 0 Å². The third-order valence-corrected chi connectivity index (χ3v) is 3.40. The van der Waals surface area contributed by atoms with Crippen molar-refractivity contribution >= 4 is 5.91 Å². The standard InChI is InChI=1S/C11H20N2O2/c12-11(14)10-5-3-6-13(10)8-9-4-1-2-7-15-9/h9-10H,1-8H2,(H2,12,14). The van der Waals surface area contributed by atoms with E-state index >= 15 is 0 Å². The molecule has 4 nitrogen and oxygen atoms in total. The number of ether oxygens (including phenoxy) is 1. The van der Waals surface area contributed by atoms with Crippen LogP contribution in [0.15, 0.2) is 0 Å². The number of amides is 1. The number of hydrogen-bond donors (Lipinski definition) is 1. The number of hydrogen-bond acceptors (Lipinski definition) is 3. The SMILES string of the molecule is NC(=O)C1CCCN1CC1CCCCO1. The Balaban J connectivity index is 1.84. The van der Waals surface area contributed by atoms with Crippen molar-refractivity contribution in [1.82, 2.24) is 4.90 Å². The zero-order chi connectivity index (χ0) is 10.7. The summed E-state index contributed by atoms with van der Waals surface area (Å²) in [5.74, 6) is -0.177. The topological polar surface area (TPSA) is 55.6 Å². The van der Waals surface area contributed by atoms with Crippen LogP contribution in [0.1, 0.15) is 32.1 Å². The molecule has 0 bridgehead atoms. The molecule has 0 aromatic carbocycles. The lowest BCUT2D eigenvalue weighted by Gasteiger charge is -2.29. The Morgan fingerprint density at radius 2 is 2.20 bits per heavy atom. The summed E-state index contributed by atoms with van der Waals surface area (Å²) in [6.07, 6.45) is 5.87. The summed E-state index contributed by atoms with van der Waals surface area (Å²) in [4.78, 5) is 13.4. The van der Waals surface area contributed by atoms with E-state index in [1.807, 2.05) is 0 Å². The van der Waals surface area contributed by atoms with Crippen molar-refractivity contribution in [3.8, 4) is 0 Å². The second-order valence-corrected chi connectivity index (χ2v) is 4.54. The zero-order valence-electron chi connectivity index (χ0n) is 9.15. The third kappa shape index (κ3) is 2.69. The quantitative estimate of drug-likeness (QED) is 0.741. The molecule has 2 N–H and O–H groups in total. The molecule has 2 unspecified atom stereocenters. The molecule has 0 radical (unpaired) electrons. The Kier molecular flexibility index (Phi) is 3.59. The summed E-state index contributed by atoms with van der Waals surface area (Å²) < 4.78 is 5.67. The first kappa shape index (κ1) is 10.9. The first-order chi connectivity index (χ1) is 7.27. The van der Waals surface area contributed by atoms with Crippen molar-refractivity contribution in [1.29, 1.82) is 0 Å². The lowest BCUT2D eigenvalue weighted by Crippen LogP contribution is -2.44. The lowest BCUT2D eigenvalue weighted by atomic mass is 10.1. The highest BCUT2D eigenvalue weighted by molar-refractivity contribution is 5.80. The molecule has 1 amide bonds. The van der Waals surface area contributed by atoms with Crippen molar-refractivity contribution in [2.24, 2.45) is 5.73 Å². The molecule has 0 aromatic heterocycles. The summed E-state index contributed by atoms with van der Waals surface area (Å²) in [5, 5.41) is 0. The summed E-state index contributed by atoms with van der Waals surface area (Å²) >= 11 is 0. The molecule has 0 spiro atoms. The second kappa shape index (κ2) is 4.94. The van der Waals surface area contributed by atoms with Gasteiger partial charge < -0.3 is 10.5 Å². The van der Waals surface area contributed by atoms with Gasteiger partial charge in [0.15, 0.2) is 0 Å². The van der Waals surface area contributed by atoms with Crippen LogP contribution in [0.3, 0.4) is 0 Å². The van der Waals surface area contributed by atoms with E-state index in [0.29, 0.717) is 6.10 Å². The van der Waals surface area contributed by atoms with Crippen LogP contribution >= 0.6 is 0 Å². The number of likely N-dealkylation sites (tertiary alicyclic amines) is 1. The Bertz CT molecular complexity index is 227. The van der Waals surface area contributed by atoms with E-state index < -0.39 is 0 Å². The van der Waals surface area contributed by atoms with Gasteiger partial charge in [0.25, 0.3) is 0 Å².